The van der Waals surface area contributed by atoms with Crippen LogP contribution in [0.25, 0.3) is 0 Å². The summed E-state index contributed by atoms with van der Waals surface area (Å²) in [5.41, 5.74) is 3.48. The predicted molar refractivity (Wildman–Crippen MR) is 86.1 cm³/mol. The van der Waals surface area contributed by atoms with Crippen molar-refractivity contribution in [3.8, 4) is 6.07 Å². The predicted octanol–water partition coefficient (Wildman–Crippen LogP) is 3.80. The molecule has 144 valence electrons. The number of hydrogen-bond donors (Lipinski definition) is 1. The first-order valence-electron chi connectivity index (χ1n) is 7.85. The number of aryl methyl sites for hydroxylation is 1. The second kappa shape index (κ2) is 7.31. The molecule has 1 aliphatic rings. The Kier molecular flexibility index (Phi) is 5.49. The van der Waals surface area contributed by atoms with Gasteiger partial charge in [-0.25, -0.2) is 9.18 Å². The summed E-state index contributed by atoms with van der Waals surface area (Å²) in [5, 5.41) is 9.41. The fourth-order valence-corrected chi connectivity index (χ4v) is 2.90. The summed E-state index contributed by atoms with van der Waals surface area (Å²) in [6.45, 7) is 4.07. The van der Waals surface area contributed by atoms with Crippen molar-refractivity contribution in [3.63, 3.8) is 0 Å². The van der Waals surface area contributed by atoms with Gasteiger partial charge in [0.25, 0.3) is 0 Å². The topological polar surface area (TPSA) is 85.3 Å². The lowest BCUT2D eigenvalue weighted by Crippen LogP contribution is -2.26. The van der Waals surface area contributed by atoms with Gasteiger partial charge >= 0.3 is 12.1 Å². The molecule has 0 aromatic heterocycles. The number of hydrogen-bond acceptors (Lipinski definition) is 5. The van der Waals surface area contributed by atoms with E-state index >= 15 is 0 Å². The van der Waals surface area contributed by atoms with Crippen LogP contribution >= 0.6 is 0 Å². The molecule has 0 aliphatic carbocycles. The van der Waals surface area contributed by atoms with Gasteiger partial charge in [-0.2, -0.15) is 18.4 Å². The maximum atomic E-state index is 14.6. The summed E-state index contributed by atoms with van der Waals surface area (Å²) in [6, 6.07) is 3.03. The minimum atomic E-state index is -4.75. The van der Waals surface area contributed by atoms with Crippen molar-refractivity contribution < 1.29 is 31.8 Å². The number of nitrogens with zero attached hydrogens (tertiary/aromatic N) is 1. The highest BCUT2D eigenvalue weighted by Gasteiger charge is 2.40. The van der Waals surface area contributed by atoms with Gasteiger partial charge in [-0.3, -0.25) is 0 Å². The molecule has 1 unspecified atom stereocenters. The second-order valence-corrected chi connectivity index (χ2v) is 5.80. The number of carbonyl (C=O) groups is 1. The summed E-state index contributed by atoms with van der Waals surface area (Å²) < 4.78 is 63.8. The molecule has 9 heteroatoms. The SMILES string of the molecule is CCOC(=O)C1=C(C)OC(N)=C(C#N)C1c1cc(C)c(C(F)(F)F)cc1F. The minimum absolute atomic E-state index is 0.00205. The molecule has 5 nitrogen and oxygen atoms in total. The third kappa shape index (κ3) is 3.74. The average Bonchev–Trinajstić information content (AvgIpc) is 2.55. The maximum Gasteiger partial charge on any atom is 0.416 e. The molecule has 1 aromatic carbocycles. The van der Waals surface area contributed by atoms with Gasteiger partial charge in [0, 0.05) is 5.56 Å². The summed E-state index contributed by atoms with van der Waals surface area (Å²) >= 11 is 0. The highest BCUT2D eigenvalue weighted by Crippen LogP contribution is 2.42. The zero-order chi connectivity index (χ0) is 20.5. The zero-order valence-electron chi connectivity index (χ0n) is 14.7. The molecule has 0 bridgehead atoms. The number of allylic oxidation sites excluding steroid dienone is 2. The van der Waals surface area contributed by atoms with E-state index in [-0.39, 0.29) is 40.5 Å². The van der Waals surface area contributed by atoms with Crippen LogP contribution in [0.1, 0.15) is 36.5 Å². The summed E-state index contributed by atoms with van der Waals surface area (Å²) in [5.74, 6) is -3.83. The first-order chi connectivity index (χ1) is 12.5. The van der Waals surface area contributed by atoms with Crippen molar-refractivity contribution in [2.75, 3.05) is 6.61 Å². The highest BCUT2D eigenvalue weighted by atomic mass is 19.4. The Morgan fingerprint density at radius 3 is 2.52 bits per heavy atom. The Labute approximate surface area is 152 Å². The van der Waals surface area contributed by atoms with Gasteiger partial charge in [-0.1, -0.05) is 6.07 Å². The fraction of sp³-hybridized carbons (Fsp3) is 0.333. The Balaban J connectivity index is 2.74. The first-order valence-corrected chi connectivity index (χ1v) is 7.85. The number of alkyl halides is 3. The van der Waals surface area contributed by atoms with E-state index in [1.165, 1.54) is 6.92 Å². The normalized spacial score (nSPS) is 17.5. The molecule has 2 rings (SSSR count). The summed E-state index contributed by atoms with van der Waals surface area (Å²) in [4.78, 5) is 12.3. The van der Waals surface area contributed by atoms with Crippen molar-refractivity contribution in [2.24, 2.45) is 5.73 Å². The molecule has 1 aliphatic heterocycles. The van der Waals surface area contributed by atoms with Gasteiger partial charge in [0.1, 0.15) is 23.2 Å². The molecule has 0 saturated carbocycles. The van der Waals surface area contributed by atoms with E-state index in [2.05, 4.69) is 0 Å². The Bertz CT molecular complexity index is 895. The number of esters is 1. The number of halogens is 4. The van der Waals surface area contributed by atoms with E-state index in [9.17, 15) is 27.6 Å². The highest BCUT2D eigenvalue weighted by molar-refractivity contribution is 5.92. The van der Waals surface area contributed by atoms with E-state index in [4.69, 9.17) is 15.2 Å². The molecular formula is C18H16F4N2O3. The molecule has 0 fully saturated rings. The van der Waals surface area contributed by atoms with Crippen LogP contribution in [0.3, 0.4) is 0 Å². The average molecular weight is 384 g/mol. The third-order valence-corrected chi connectivity index (χ3v) is 4.06. The number of rotatable bonds is 3. The number of nitrogens with two attached hydrogens (primary N) is 1. The minimum Gasteiger partial charge on any atom is -0.463 e. The fourth-order valence-electron chi connectivity index (χ4n) is 2.90. The smallest absolute Gasteiger partial charge is 0.416 e. The Morgan fingerprint density at radius 1 is 1.37 bits per heavy atom. The van der Waals surface area contributed by atoms with E-state index in [0.29, 0.717) is 6.07 Å². The summed E-state index contributed by atoms with van der Waals surface area (Å²) in [6.07, 6.45) is -4.75. The van der Waals surface area contributed by atoms with Crippen molar-refractivity contribution in [2.45, 2.75) is 32.9 Å². The molecule has 2 N–H and O–H groups in total. The molecule has 27 heavy (non-hydrogen) atoms. The number of carbonyl (C=O) groups excluding carboxylic acids is 1. The molecule has 1 atom stereocenters. The van der Waals surface area contributed by atoms with E-state index in [0.717, 1.165) is 13.0 Å². The van der Waals surface area contributed by atoms with Gasteiger partial charge in [-0.05, 0) is 32.4 Å². The monoisotopic (exact) mass is 384 g/mol. The van der Waals surface area contributed by atoms with Crippen molar-refractivity contribution in [1.82, 2.24) is 0 Å². The van der Waals surface area contributed by atoms with Crippen LogP contribution in [0.5, 0.6) is 0 Å². The lowest BCUT2D eigenvalue weighted by Gasteiger charge is -2.27. The van der Waals surface area contributed by atoms with Crippen LogP contribution < -0.4 is 5.73 Å². The lowest BCUT2D eigenvalue weighted by atomic mass is 9.81. The molecular weight excluding hydrogens is 368 g/mol. The van der Waals surface area contributed by atoms with Crippen LogP contribution in [-0.2, 0) is 20.4 Å². The van der Waals surface area contributed by atoms with E-state index in [1.807, 2.05) is 0 Å². The van der Waals surface area contributed by atoms with Crippen LogP contribution in [0.4, 0.5) is 17.6 Å². The molecule has 1 heterocycles. The van der Waals surface area contributed by atoms with Crippen LogP contribution in [0.2, 0.25) is 0 Å². The second-order valence-electron chi connectivity index (χ2n) is 5.80. The molecule has 0 saturated heterocycles. The number of nitriles is 1. The van der Waals surface area contributed by atoms with Crippen molar-refractivity contribution in [1.29, 1.82) is 5.26 Å². The molecule has 0 spiro atoms. The van der Waals surface area contributed by atoms with Crippen LogP contribution in [-0.4, -0.2) is 12.6 Å². The maximum absolute atomic E-state index is 14.6. The van der Waals surface area contributed by atoms with Gasteiger partial charge in [-0.15, -0.1) is 0 Å². The lowest BCUT2D eigenvalue weighted by molar-refractivity contribution is -0.139. The van der Waals surface area contributed by atoms with E-state index in [1.54, 1.807) is 13.0 Å². The van der Waals surface area contributed by atoms with Crippen molar-refractivity contribution >= 4 is 5.97 Å². The third-order valence-electron chi connectivity index (χ3n) is 4.06. The van der Waals surface area contributed by atoms with Crippen molar-refractivity contribution in [3.05, 3.63) is 57.4 Å². The summed E-state index contributed by atoms with van der Waals surface area (Å²) in [7, 11) is 0. The first kappa shape index (κ1) is 20.3. The molecule has 1 aromatic rings. The van der Waals surface area contributed by atoms with Crippen LogP contribution in [0, 0.1) is 24.1 Å². The molecule has 0 radical (unpaired) electrons. The number of benzene rings is 1. The largest absolute Gasteiger partial charge is 0.463 e. The van der Waals surface area contributed by atoms with Crippen LogP contribution in [0.15, 0.2) is 34.9 Å². The zero-order valence-corrected chi connectivity index (χ0v) is 14.7. The van der Waals surface area contributed by atoms with Gasteiger partial charge in [0.15, 0.2) is 0 Å². The van der Waals surface area contributed by atoms with Gasteiger partial charge in [0.05, 0.1) is 23.7 Å². The standard InChI is InChI=1S/C18H16F4N2O3/c1-4-26-17(25)14-9(3)27-16(24)11(7-23)15(14)10-5-8(2)12(6-13(10)19)18(20,21)22/h5-6,15H,4,24H2,1-3H3. The van der Waals surface area contributed by atoms with Gasteiger partial charge in [0.2, 0.25) is 5.88 Å². The Hall–Kier alpha value is -3.02. The molecule has 0 amide bonds. The van der Waals surface area contributed by atoms with E-state index < -0.39 is 29.4 Å². The number of ether oxygens (including phenoxy) is 2. The van der Waals surface area contributed by atoms with Gasteiger partial charge < -0.3 is 15.2 Å². The quantitative estimate of drug-likeness (QED) is 0.633. The Morgan fingerprint density at radius 2 is 2.00 bits per heavy atom.